The number of anilines is 1. The number of methoxy groups -OCH3 is 1. The van der Waals surface area contributed by atoms with Gasteiger partial charge in [-0.1, -0.05) is 24.3 Å². The summed E-state index contributed by atoms with van der Waals surface area (Å²) in [6.07, 6.45) is 0. The summed E-state index contributed by atoms with van der Waals surface area (Å²) in [4.78, 5) is 17.6. The van der Waals surface area contributed by atoms with Crippen LogP contribution < -0.4 is 5.32 Å². The SMILES string of the molecule is COCCOC(=O)C1=C(C)Nc2nc3ccccc3n2[C@H]1c1cccc(O)c1. The fourth-order valence-electron chi connectivity index (χ4n) is 3.53. The van der Waals surface area contributed by atoms with Gasteiger partial charge in [-0.2, -0.15) is 0 Å². The molecule has 0 fully saturated rings. The molecule has 0 unspecified atom stereocenters. The van der Waals surface area contributed by atoms with Crippen LogP contribution in [0, 0.1) is 0 Å². The van der Waals surface area contributed by atoms with Crippen LogP contribution in [0.5, 0.6) is 5.75 Å². The molecule has 2 N–H and O–H groups in total. The molecule has 3 aromatic rings. The summed E-state index contributed by atoms with van der Waals surface area (Å²) in [6.45, 7) is 2.31. The molecule has 1 aromatic heterocycles. The summed E-state index contributed by atoms with van der Waals surface area (Å²) in [6, 6.07) is 14.1. The molecule has 7 nitrogen and oxygen atoms in total. The van der Waals surface area contributed by atoms with E-state index in [2.05, 4.69) is 10.3 Å². The number of allylic oxidation sites excluding steroid dienone is 1. The highest BCUT2D eigenvalue weighted by atomic mass is 16.6. The molecular weight excluding hydrogens is 358 g/mol. The van der Waals surface area contributed by atoms with Gasteiger partial charge >= 0.3 is 5.97 Å². The van der Waals surface area contributed by atoms with Gasteiger partial charge in [-0.05, 0) is 36.8 Å². The van der Waals surface area contributed by atoms with E-state index in [9.17, 15) is 9.90 Å². The highest BCUT2D eigenvalue weighted by Gasteiger charge is 2.35. The second-order valence-electron chi connectivity index (χ2n) is 6.58. The number of phenolic OH excluding ortho intramolecular Hbond substituents is 1. The van der Waals surface area contributed by atoms with E-state index in [1.54, 1.807) is 25.3 Å². The predicted molar refractivity (Wildman–Crippen MR) is 105 cm³/mol. The van der Waals surface area contributed by atoms with Crippen molar-refractivity contribution in [2.24, 2.45) is 0 Å². The zero-order valence-corrected chi connectivity index (χ0v) is 15.7. The Hall–Kier alpha value is -3.32. The highest BCUT2D eigenvalue weighted by Crippen LogP contribution is 2.40. The Labute approximate surface area is 162 Å². The first-order valence-corrected chi connectivity index (χ1v) is 9.00. The minimum Gasteiger partial charge on any atom is -0.508 e. The third-order valence-corrected chi connectivity index (χ3v) is 4.76. The van der Waals surface area contributed by atoms with E-state index in [1.807, 2.05) is 41.8 Å². The zero-order valence-electron chi connectivity index (χ0n) is 15.7. The van der Waals surface area contributed by atoms with E-state index in [0.717, 1.165) is 16.6 Å². The van der Waals surface area contributed by atoms with Crippen molar-refractivity contribution in [3.8, 4) is 5.75 Å². The topological polar surface area (TPSA) is 85.6 Å². The second-order valence-corrected chi connectivity index (χ2v) is 6.58. The fraction of sp³-hybridized carbons (Fsp3) is 0.238. The first kappa shape index (κ1) is 18.1. The number of phenols is 1. The summed E-state index contributed by atoms with van der Waals surface area (Å²) >= 11 is 0. The number of fused-ring (bicyclic) bond motifs is 3. The standard InChI is InChI=1S/C21H21N3O4/c1-13-18(20(26)28-11-10-27-2)19(14-6-5-7-15(25)12-14)24-17-9-4-3-8-16(17)23-21(24)22-13/h3-9,12,19,25H,10-11H2,1-2H3,(H,22,23)/t19-/m0/s1. The normalized spacial score (nSPS) is 16.0. The third kappa shape index (κ3) is 3.10. The number of esters is 1. The van der Waals surface area contributed by atoms with Crippen molar-refractivity contribution in [1.82, 2.24) is 9.55 Å². The summed E-state index contributed by atoms with van der Waals surface area (Å²) in [7, 11) is 1.56. The number of carbonyl (C=O) groups excluding carboxylic acids is 1. The Balaban J connectivity index is 1.88. The lowest BCUT2D eigenvalue weighted by Gasteiger charge is -2.30. The molecule has 0 bridgehead atoms. The number of benzene rings is 2. The lowest BCUT2D eigenvalue weighted by molar-refractivity contribution is -0.140. The van der Waals surface area contributed by atoms with E-state index < -0.39 is 12.0 Å². The minimum atomic E-state index is -0.481. The van der Waals surface area contributed by atoms with Crippen molar-refractivity contribution < 1.29 is 19.4 Å². The van der Waals surface area contributed by atoms with E-state index >= 15 is 0 Å². The molecule has 2 heterocycles. The van der Waals surface area contributed by atoms with Crippen LogP contribution in [0.1, 0.15) is 18.5 Å². The van der Waals surface area contributed by atoms with Crippen LogP contribution >= 0.6 is 0 Å². The third-order valence-electron chi connectivity index (χ3n) is 4.76. The van der Waals surface area contributed by atoms with Crippen LogP contribution in [0.2, 0.25) is 0 Å². The summed E-state index contributed by atoms with van der Waals surface area (Å²) in [5, 5.41) is 13.3. The fourth-order valence-corrected chi connectivity index (χ4v) is 3.53. The van der Waals surface area contributed by atoms with Crippen molar-refractivity contribution >= 4 is 23.0 Å². The number of hydrogen-bond donors (Lipinski definition) is 2. The number of imidazole rings is 1. The average molecular weight is 379 g/mol. The average Bonchev–Trinajstić information content (AvgIpc) is 3.04. The van der Waals surface area contributed by atoms with Crippen LogP contribution in [0.15, 0.2) is 59.8 Å². The van der Waals surface area contributed by atoms with Crippen LogP contribution in [-0.4, -0.2) is 41.0 Å². The van der Waals surface area contributed by atoms with Crippen molar-refractivity contribution in [3.63, 3.8) is 0 Å². The Morgan fingerprint density at radius 1 is 1.21 bits per heavy atom. The Morgan fingerprint density at radius 3 is 2.82 bits per heavy atom. The molecule has 0 radical (unpaired) electrons. The molecule has 0 spiro atoms. The number of aromatic hydroxyl groups is 1. The molecule has 0 saturated heterocycles. The van der Waals surface area contributed by atoms with Gasteiger partial charge in [0.1, 0.15) is 12.4 Å². The molecule has 0 amide bonds. The van der Waals surface area contributed by atoms with Gasteiger partial charge in [-0.3, -0.25) is 4.57 Å². The quantitative estimate of drug-likeness (QED) is 0.523. The minimum absolute atomic E-state index is 0.131. The van der Waals surface area contributed by atoms with E-state index in [4.69, 9.17) is 9.47 Å². The van der Waals surface area contributed by atoms with Gasteiger partial charge < -0.3 is 19.9 Å². The van der Waals surface area contributed by atoms with Crippen molar-refractivity contribution in [2.45, 2.75) is 13.0 Å². The second kappa shape index (κ2) is 7.36. The largest absolute Gasteiger partial charge is 0.508 e. The molecular formula is C21H21N3O4. The highest BCUT2D eigenvalue weighted by molar-refractivity contribution is 5.94. The Morgan fingerprint density at radius 2 is 2.04 bits per heavy atom. The maximum absolute atomic E-state index is 12.9. The van der Waals surface area contributed by atoms with E-state index in [1.165, 1.54) is 0 Å². The van der Waals surface area contributed by atoms with Gasteiger partial charge in [0.05, 0.1) is 29.3 Å². The molecule has 0 aliphatic carbocycles. The Kier molecular flexibility index (Phi) is 4.75. The summed E-state index contributed by atoms with van der Waals surface area (Å²) in [5.74, 6) is 0.339. The van der Waals surface area contributed by atoms with Gasteiger partial charge in [0, 0.05) is 12.8 Å². The summed E-state index contributed by atoms with van der Waals surface area (Å²) < 4.78 is 12.4. The van der Waals surface area contributed by atoms with Gasteiger partial charge in [-0.25, -0.2) is 9.78 Å². The van der Waals surface area contributed by atoms with Gasteiger partial charge in [0.15, 0.2) is 0 Å². The maximum atomic E-state index is 12.9. The first-order chi connectivity index (χ1) is 13.6. The zero-order chi connectivity index (χ0) is 19.7. The number of nitrogens with zero attached hydrogens (tertiary/aromatic N) is 2. The number of hydrogen-bond acceptors (Lipinski definition) is 6. The Bertz CT molecular complexity index is 1070. The number of aromatic nitrogens is 2. The first-order valence-electron chi connectivity index (χ1n) is 9.00. The maximum Gasteiger partial charge on any atom is 0.338 e. The van der Waals surface area contributed by atoms with Crippen LogP contribution in [-0.2, 0) is 14.3 Å². The molecule has 28 heavy (non-hydrogen) atoms. The number of nitrogens with one attached hydrogen (secondary N) is 1. The number of ether oxygens (including phenoxy) is 2. The molecule has 1 aliphatic rings. The van der Waals surface area contributed by atoms with Crippen LogP contribution in [0.4, 0.5) is 5.95 Å². The summed E-state index contributed by atoms with van der Waals surface area (Å²) in [5.41, 5.74) is 3.60. The number of para-hydroxylation sites is 2. The molecule has 2 aromatic carbocycles. The molecule has 1 atom stereocenters. The predicted octanol–water partition coefficient (Wildman–Crippen LogP) is 3.22. The van der Waals surface area contributed by atoms with Crippen LogP contribution in [0.3, 0.4) is 0 Å². The molecule has 144 valence electrons. The van der Waals surface area contributed by atoms with Crippen molar-refractivity contribution in [1.29, 1.82) is 0 Å². The van der Waals surface area contributed by atoms with Gasteiger partial charge in [0.2, 0.25) is 5.95 Å². The molecule has 7 heteroatoms. The molecule has 0 saturated carbocycles. The number of rotatable bonds is 5. The van der Waals surface area contributed by atoms with E-state index in [0.29, 0.717) is 23.8 Å². The molecule has 1 aliphatic heterocycles. The van der Waals surface area contributed by atoms with Crippen molar-refractivity contribution in [3.05, 3.63) is 65.4 Å². The lowest BCUT2D eigenvalue weighted by atomic mass is 9.95. The lowest BCUT2D eigenvalue weighted by Crippen LogP contribution is -2.29. The number of carbonyl (C=O) groups is 1. The molecule has 4 rings (SSSR count). The monoisotopic (exact) mass is 379 g/mol. The van der Waals surface area contributed by atoms with Gasteiger partial charge in [-0.15, -0.1) is 0 Å². The van der Waals surface area contributed by atoms with Crippen molar-refractivity contribution in [2.75, 3.05) is 25.6 Å². The smallest absolute Gasteiger partial charge is 0.338 e. The van der Waals surface area contributed by atoms with Gasteiger partial charge in [0.25, 0.3) is 0 Å². The van der Waals surface area contributed by atoms with Crippen LogP contribution in [0.25, 0.3) is 11.0 Å². The van der Waals surface area contributed by atoms with E-state index in [-0.39, 0.29) is 12.4 Å².